The first-order valence-electron chi connectivity index (χ1n) is 9.09. The average Bonchev–Trinajstić information content (AvgIpc) is 3.21. The Morgan fingerprint density at radius 2 is 1.90 bits per heavy atom. The zero-order valence-corrected chi connectivity index (χ0v) is 17.6. The predicted molar refractivity (Wildman–Crippen MR) is 112 cm³/mol. The Bertz CT molecular complexity index is 1050. The summed E-state index contributed by atoms with van der Waals surface area (Å²) in [7, 11) is 1.29. The predicted octanol–water partition coefficient (Wildman–Crippen LogP) is 3.78. The Balaban J connectivity index is 1.52. The lowest BCUT2D eigenvalue weighted by atomic mass is 10.1. The van der Waals surface area contributed by atoms with E-state index >= 15 is 0 Å². The molecule has 1 amide bonds. The van der Waals surface area contributed by atoms with E-state index in [0.29, 0.717) is 11.6 Å². The molecule has 0 spiro atoms. The van der Waals surface area contributed by atoms with Crippen molar-refractivity contribution in [2.75, 3.05) is 18.2 Å². The van der Waals surface area contributed by atoms with Crippen LogP contribution in [0.5, 0.6) is 5.75 Å². The number of benzene rings is 2. The molecule has 3 rings (SSSR count). The number of methoxy groups -OCH3 is 1. The summed E-state index contributed by atoms with van der Waals surface area (Å²) in [6, 6.07) is 12.4. The van der Waals surface area contributed by atoms with Crippen LogP contribution in [0.3, 0.4) is 0 Å². The molecule has 0 radical (unpaired) electrons. The first-order valence-corrected chi connectivity index (χ1v) is 10.1. The lowest BCUT2D eigenvalue weighted by molar-refractivity contribution is -0.113. The van der Waals surface area contributed by atoms with Gasteiger partial charge in [0.1, 0.15) is 5.75 Å². The minimum Gasteiger partial charge on any atom is -0.484 e. The third-order valence-corrected chi connectivity index (χ3v) is 5.11. The number of ether oxygens (including phenoxy) is 2. The molecule has 2 aromatic carbocycles. The molecule has 1 N–H and O–H groups in total. The van der Waals surface area contributed by atoms with Crippen molar-refractivity contribution in [3.63, 3.8) is 0 Å². The van der Waals surface area contributed by atoms with Gasteiger partial charge in [-0.3, -0.25) is 4.79 Å². The van der Waals surface area contributed by atoms with E-state index in [9.17, 15) is 9.59 Å². The summed E-state index contributed by atoms with van der Waals surface area (Å²) in [4.78, 5) is 24.0. The highest BCUT2D eigenvalue weighted by molar-refractivity contribution is 7.99. The van der Waals surface area contributed by atoms with Gasteiger partial charge in [0.05, 0.1) is 24.1 Å². The summed E-state index contributed by atoms with van der Waals surface area (Å²) in [6.07, 6.45) is 0. The molecular formula is C21H21N3O5S. The number of nitrogens with zero attached hydrogens (tertiary/aromatic N) is 2. The van der Waals surface area contributed by atoms with Crippen molar-refractivity contribution in [3.05, 3.63) is 65.0 Å². The maximum absolute atomic E-state index is 12.2. The van der Waals surface area contributed by atoms with E-state index < -0.39 is 5.97 Å². The number of hydrogen-bond donors (Lipinski definition) is 1. The van der Waals surface area contributed by atoms with Crippen molar-refractivity contribution in [1.29, 1.82) is 0 Å². The minimum absolute atomic E-state index is 0.0367. The summed E-state index contributed by atoms with van der Waals surface area (Å²) >= 11 is 1.09. The van der Waals surface area contributed by atoms with Crippen molar-refractivity contribution in [1.82, 2.24) is 10.2 Å². The molecular weight excluding hydrogens is 406 g/mol. The van der Waals surface area contributed by atoms with Gasteiger partial charge in [-0.1, -0.05) is 36.0 Å². The van der Waals surface area contributed by atoms with Gasteiger partial charge >= 0.3 is 5.97 Å². The molecule has 9 heteroatoms. The normalized spacial score (nSPS) is 10.5. The van der Waals surface area contributed by atoms with Crippen LogP contribution >= 0.6 is 11.8 Å². The third kappa shape index (κ3) is 5.38. The molecule has 0 bridgehead atoms. The van der Waals surface area contributed by atoms with Crippen molar-refractivity contribution in [3.8, 4) is 5.75 Å². The topological polar surface area (TPSA) is 104 Å². The first-order chi connectivity index (χ1) is 14.5. The highest BCUT2D eigenvalue weighted by Gasteiger charge is 2.15. The fourth-order valence-corrected chi connectivity index (χ4v) is 3.15. The van der Waals surface area contributed by atoms with Crippen molar-refractivity contribution >= 4 is 29.3 Å². The maximum atomic E-state index is 12.2. The highest BCUT2D eigenvalue weighted by atomic mass is 32.2. The van der Waals surface area contributed by atoms with E-state index in [1.165, 1.54) is 7.11 Å². The van der Waals surface area contributed by atoms with Gasteiger partial charge in [0.2, 0.25) is 5.91 Å². The van der Waals surface area contributed by atoms with E-state index in [1.54, 1.807) is 24.3 Å². The second-order valence-electron chi connectivity index (χ2n) is 6.32. The highest BCUT2D eigenvalue weighted by Crippen LogP contribution is 2.23. The second-order valence-corrected chi connectivity index (χ2v) is 7.25. The van der Waals surface area contributed by atoms with Crippen LogP contribution in [0.1, 0.15) is 27.4 Å². The molecule has 0 saturated heterocycles. The SMILES string of the molecule is COC(=O)c1ccccc1NC(=O)CSc1nnc(COc2cccc(C)c2C)o1. The number of para-hydroxylation sites is 1. The molecule has 1 aromatic heterocycles. The Morgan fingerprint density at radius 1 is 1.10 bits per heavy atom. The number of carbonyl (C=O) groups is 2. The van der Waals surface area contributed by atoms with Gasteiger partial charge in [-0.2, -0.15) is 0 Å². The van der Waals surface area contributed by atoms with Crippen LogP contribution in [0.25, 0.3) is 0 Å². The van der Waals surface area contributed by atoms with Crippen LogP contribution in [0.4, 0.5) is 5.69 Å². The lowest BCUT2D eigenvalue weighted by Crippen LogP contribution is -2.17. The molecule has 0 aliphatic rings. The molecule has 1 heterocycles. The van der Waals surface area contributed by atoms with Gasteiger partial charge in [0.25, 0.3) is 11.1 Å². The smallest absolute Gasteiger partial charge is 0.339 e. The molecule has 30 heavy (non-hydrogen) atoms. The van der Waals surface area contributed by atoms with E-state index in [2.05, 4.69) is 15.5 Å². The van der Waals surface area contributed by atoms with Crippen LogP contribution in [0, 0.1) is 13.8 Å². The fraction of sp³-hybridized carbons (Fsp3) is 0.238. The van der Waals surface area contributed by atoms with Crippen LogP contribution in [0.2, 0.25) is 0 Å². The Morgan fingerprint density at radius 3 is 2.70 bits per heavy atom. The van der Waals surface area contributed by atoms with Crippen LogP contribution in [0.15, 0.2) is 52.1 Å². The van der Waals surface area contributed by atoms with Crippen molar-refractivity contribution in [2.45, 2.75) is 25.7 Å². The Kier molecular flexibility index (Phi) is 7.08. The fourth-order valence-electron chi connectivity index (χ4n) is 2.57. The van der Waals surface area contributed by atoms with Gasteiger partial charge in [0, 0.05) is 0 Å². The summed E-state index contributed by atoms with van der Waals surface area (Å²) < 4.78 is 16.0. The summed E-state index contributed by atoms with van der Waals surface area (Å²) in [5.41, 5.74) is 2.84. The molecule has 0 fully saturated rings. The van der Waals surface area contributed by atoms with Gasteiger partial charge in [0.15, 0.2) is 6.61 Å². The molecule has 156 valence electrons. The standard InChI is InChI=1S/C21H21N3O5S/c1-13-7-6-10-17(14(13)2)28-11-19-23-24-21(29-19)30-12-18(25)22-16-9-5-4-8-15(16)20(26)27-3/h4-10H,11-12H2,1-3H3,(H,22,25). The quantitative estimate of drug-likeness (QED) is 0.428. The Labute approximate surface area is 178 Å². The van der Waals surface area contributed by atoms with Gasteiger partial charge in [-0.05, 0) is 43.2 Å². The van der Waals surface area contributed by atoms with E-state index in [1.807, 2.05) is 32.0 Å². The molecule has 0 aliphatic heterocycles. The number of rotatable bonds is 8. The van der Waals surface area contributed by atoms with Gasteiger partial charge in [-0.15, -0.1) is 10.2 Å². The molecule has 8 nitrogen and oxygen atoms in total. The number of nitrogens with one attached hydrogen (secondary N) is 1. The van der Waals surface area contributed by atoms with Crippen molar-refractivity contribution in [2.24, 2.45) is 0 Å². The first kappa shape index (κ1) is 21.4. The zero-order valence-electron chi connectivity index (χ0n) is 16.8. The van der Waals surface area contributed by atoms with Gasteiger partial charge in [-0.25, -0.2) is 4.79 Å². The van der Waals surface area contributed by atoms with Crippen LogP contribution < -0.4 is 10.1 Å². The number of carbonyl (C=O) groups excluding carboxylic acids is 2. The molecule has 0 saturated carbocycles. The molecule has 0 aliphatic carbocycles. The molecule has 0 unspecified atom stereocenters. The van der Waals surface area contributed by atoms with Gasteiger partial charge < -0.3 is 19.2 Å². The molecule has 3 aromatic rings. The lowest BCUT2D eigenvalue weighted by Gasteiger charge is -2.09. The number of esters is 1. The number of amides is 1. The van der Waals surface area contributed by atoms with Crippen LogP contribution in [-0.4, -0.2) is 34.9 Å². The largest absolute Gasteiger partial charge is 0.484 e. The Hall–Kier alpha value is -3.33. The number of aromatic nitrogens is 2. The summed E-state index contributed by atoms with van der Waals surface area (Å²) in [5.74, 6) is 0.266. The molecule has 0 atom stereocenters. The van der Waals surface area contributed by atoms with E-state index in [0.717, 1.165) is 28.6 Å². The number of anilines is 1. The van der Waals surface area contributed by atoms with E-state index in [-0.39, 0.29) is 29.1 Å². The number of hydrogen-bond acceptors (Lipinski definition) is 8. The third-order valence-electron chi connectivity index (χ3n) is 4.29. The summed E-state index contributed by atoms with van der Waals surface area (Å²) in [6.45, 7) is 4.13. The minimum atomic E-state index is -0.524. The zero-order chi connectivity index (χ0) is 21.5. The number of aryl methyl sites for hydroxylation is 1. The monoisotopic (exact) mass is 427 g/mol. The second kappa shape index (κ2) is 9.93. The number of thioether (sulfide) groups is 1. The average molecular weight is 427 g/mol. The van der Waals surface area contributed by atoms with E-state index in [4.69, 9.17) is 13.9 Å². The summed E-state index contributed by atoms with van der Waals surface area (Å²) in [5, 5.41) is 10.8. The maximum Gasteiger partial charge on any atom is 0.339 e. The van der Waals surface area contributed by atoms with Crippen LogP contribution in [-0.2, 0) is 16.1 Å². The van der Waals surface area contributed by atoms with Crippen molar-refractivity contribution < 1.29 is 23.5 Å².